The first-order chi connectivity index (χ1) is 10.9. The summed E-state index contributed by atoms with van der Waals surface area (Å²) in [5, 5.41) is 6.57. The molecule has 2 saturated heterocycles. The summed E-state index contributed by atoms with van der Waals surface area (Å²) in [6.45, 7) is 3.13. The number of alkyl halides is 3. The molecule has 0 aromatic heterocycles. The van der Waals surface area contributed by atoms with Crippen molar-refractivity contribution in [2.24, 2.45) is 10.9 Å². The van der Waals surface area contributed by atoms with Crippen molar-refractivity contribution in [3.63, 3.8) is 0 Å². The molecule has 2 heterocycles. The highest BCUT2D eigenvalue weighted by atomic mass is 19.4. The Hall–Kier alpha value is -1.02. The van der Waals surface area contributed by atoms with Crippen LogP contribution in [0.5, 0.6) is 0 Å². The Morgan fingerprint density at radius 2 is 2.00 bits per heavy atom. The van der Waals surface area contributed by atoms with E-state index in [-0.39, 0.29) is 6.04 Å². The second kappa shape index (κ2) is 8.19. The Bertz CT molecular complexity index is 399. The molecule has 8 heteroatoms. The molecule has 2 aliphatic rings. The van der Waals surface area contributed by atoms with Crippen LogP contribution in [0, 0.1) is 5.92 Å². The summed E-state index contributed by atoms with van der Waals surface area (Å²) in [6, 6.07) is 0.0255. The molecule has 2 unspecified atom stereocenters. The van der Waals surface area contributed by atoms with Gasteiger partial charge >= 0.3 is 6.18 Å². The van der Waals surface area contributed by atoms with Crippen LogP contribution in [0.25, 0.3) is 0 Å². The predicted molar refractivity (Wildman–Crippen MR) is 85.6 cm³/mol. The maximum atomic E-state index is 12.4. The van der Waals surface area contributed by atoms with E-state index in [1.54, 1.807) is 7.05 Å². The van der Waals surface area contributed by atoms with Crippen LogP contribution in [0.3, 0.4) is 0 Å². The van der Waals surface area contributed by atoms with Gasteiger partial charge in [-0.05, 0) is 38.8 Å². The monoisotopic (exact) mass is 335 g/mol. The summed E-state index contributed by atoms with van der Waals surface area (Å²) >= 11 is 0. The SMILES string of the molecule is CN=C(NCC1CCCN(C)C1)NC1CCN(CC(F)(F)F)C1. The highest BCUT2D eigenvalue weighted by molar-refractivity contribution is 5.80. The number of likely N-dealkylation sites (tertiary alicyclic amines) is 2. The number of hydrogen-bond donors (Lipinski definition) is 2. The number of guanidine groups is 1. The Kier molecular flexibility index (Phi) is 6.52. The number of nitrogens with one attached hydrogen (secondary N) is 2. The van der Waals surface area contributed by atoms with Crippen LogP contribution >= 0.6 is 0 Å². The lowest BCUT2D eigenvalue weighted by atomic mass is 9.99. The Labute approximate surface area is 136 Å². The first-order valence-electron chi connectivity index (χ1n) is 8.30. The van der Waals surface area contributed by atoms with Crippen LogP contribution in [0.2, 0.25) is 0 Å². The maximum Gasteiger partial charge on any atom is 0.401 e. The zero-order valence-corrected chi connectivity index (χ0v) is 14.0. The van der Waals surface area contributed by atoms with Gasteiger partial charge in [0.15, 0.2) is 5.96 Å². The largest absolute Gasteiger partial charge is 0.401 e. The average Bonchev–Trinajstić information content (AvgIpc) is 2.88. The van der Waals surface area contributed by atoms with E-state index >= 15 is 0 Å². The van der Waals surface area contributed by atoms with Crippen molar-refractivity contribution in [1.82, 2.24) is 20.4 Å². The molecule has 0 spiro atoms. The summed E-state index contributed by atoms with van der Waals surface area (Å²) in [5.41, 5.74) is 0. The van der Waals surface area contributed by atoms with E-state index in [2.05, 4.69) is 27.6 Å². The molecule has 0 aliphatic carbocycles. The third kappa shape index (κ3) is 6.55. The van der Waals surface area contributed by atoms with E-state index in [0.29, 0.717) is 31.4 Å². The predicted octanol–water partition coefficient (Wildman–Crippen LogP) is 1.13. The molecule has 0 aromatic rings. The summed E-state index contributed by atoms with van der Waals surface area (Å²) in [4.78, 5) is 7.97. The van der Waals surface area contributed by atoms with Crippen molar-refractivity contribution in [2.75, 3.05) is 53.4 Å². The van der Waals surface area contributed by atoms with Gasteiger partial charge < -0.3 is 15.5 Å². The quantitative estimate of drug-likeness (QED) is 0.597. The molecule has 0 saturated carbocycles. The fraction of sp³-hybridized carbons (Fsp3) is 0.933. The van der Waals surface area contributed by atoms with E-state index in [9.17, 15) is 13.2 Å². The number of piperidine rings is 1. The van der Waals surface area contributed by atoms with Crippen LogP contribution in [-0.4, -0.2) is 81.3 Å². The van der Waals surface area contributed by atoms with Crippen LogP contribution in [-0.2, 0) is 0 Å². The van der Waals surface area contributed by atoms with Gasteiger partial charge in [0.25, 0.3) is 0 Å². The number of rotatable bonds is 4. The normalized spacial score (nSPS) is 28.1. The third-order valence-corrected chi connectivity index (χ3v) is 4.52. The molecule has 0 radical (unpaired) electrons. The molecule has 5 nitrogen and oxygen atoms in total. The standard InChI is InChI=1S/C15H28F3N5/c1-19-14(20-8-12-4-3-6-22(2)9-12)21-13-5-7-23(10-13)11-15(16,17)18/h12-13H,3-11H2,1-2H3,(H2,19,20,21). The van der Waals surface area contributed by atoms with Gasteiger partial charge in [-0.25, -0.2) is 0 Å². The summed E-state index contributed by atoms with van der Waals surface area (Å²) in [6.07, 6.45) is -0.994. The van der Waals surface area contributed by atoms with E-state index in [1.165, 1.54) is 17.7 Å². The molecule has 0 aromatic carbocycles. The maximum absolute atomic E-state index is 12.4. The fourth-order valence-corrected chi connectivity index (χ4v) is 3.42. The van der Waals surface area contributed by atoms with Crippen molar-refractivity contribution in [3.8, 4) is 0 Å². The smallest absolute Gasteiger partial charge is 0.356 e. The molecule has 0 amide bonds. The van der Waals surface area contributed by atoms with Crippen LogP contribution in [0.15, 0.2) is 4.99 Å². The van der Waals surface area contributed by atoms with Gasteiger partial charge in [-0.3, -0.25) is 9.89 Å². The summed E-state index contributed by atoms with van der Waals surface area (Å²) < 4.78 is 37.3. The van der Waals surface area contributed by atoms with Gasteiger partial charge in [-0.1, -0.05) is 0 Å². The van der Waals surface area contributed by atoms with Crippen LogP contribution in [0.4, 0.5) is 13.2 Å². The second-order valence-corrected chi connectivity index (χ2v) is 6.70. The van der Waals surface area contributed by atoms with Gasteiger partial charge in [0.05, 0.1) is 6.54 Å². The Morgan fingerprint density at radius 1 is 1.22 bits per heavy atom. The van der Waals surface area contributed by atoms with Crippen molar-refractivity contribution >= 4 is 5.96 Å². The number of hydrogen-bond acceptors (Lipinski definition) is 3. The zero-order chi connectivity index (χ0) is 16.9. The van der Waals surface area contributed by atoms with Crippen LogP contribution < -0.4 is 10.6 Å². The van der Waals surface area contributed by atoms with Crippen molar-refractivity contribution in [2.45, 2.75) is 31.5 Å². The van der Waals surface area contributed by atoms with Crippen molar-refractivity contribution < 1.29 is 13.2 Å². The summed E-state index contributed by atoms with van der Waals surface area (Å²) in [5.74, 6) is 1.29. The number of halogens is 3. The van der Waals surface area contributed by atoms with Crippen molar-refractivity contribution in [3.05, 3.63) is 0 Å². The lowest BCUT2D eigenvalue weighted by molar-refractivity contribution is -0.143. The summed E-state index contributed by atoms with van der Waals surface area (Å²) in [7, 11) is 3.83. The first kappa shape index (κ1) is 18.3. The minimum absolute atomic E-state index is 0.0255. The molecule has 2 N–H and O–H groups in total. The lowest BCUT2D eigenvalue weighted by Crippen LogP contribution is -2.47. The average molecular weight is 335 g/mol. The van der Waals surface area contributed by atoms with E-state index in [1.807, 2.05) is 0 Å². The molecule has 23 heavy (non-hydrogen) atoms. The highest BCUT2D eigenvalue weighted by Crippen LogP contribution is 2.20. The molecule has 0 bridgehead atoms. The van der Waals surface area contributed by atoms with E-state index < -0.39 is 12.7 Å². The lowest BCUT2D eigenvalue weighted by Gasteiger charge is -2.30. The van der Waals surface area contributed by atoms with E-state index in [0.717, 1.165) is 19.6 Å². The fourth-order valence-electron chi connectivity index (χ4n) is 3.42. The number of aliphatic imine (C=N–C) groups is 1. The molecule has 2 aliphatic heterocycles. The molecule has 2 rings (SSSR count). The molecule has 2 fully saturated rings. The number of nitrogens with zero attached hydrogens (tertiary/aromatic N) is 3. The second-order valence-electron chi connectivity index (χ2n) is 6.70. The van der Waals surface area contributed by atoms with Gasteiger partial charge in [0, 0.05) is 39.3 Å². The zero-order valence-electron chi connectivity index (χ0n) is 14.0. The van der Waals surface area contributed by atoms with Gasteiger partial charge in [-0.15, -0.1) is 0 Å². The van der Waals surface area contributed by atoms with E-state index in [4.69, 9.17) is 0 Å². The molecule has 2 atom stereocenters. The molecular formula is C15H28F3N5. The third-order valence-electron chi connectivity index (χ3n) is 4.52. The topological polar surface area (TPSA) is 42.9 Å². The van der Waals surface area contributed by atoms with Gasteiger partial charge in [0.1, 0.15) is 0 Å². The Morgan fingerprint density at radius 3 is 2.65 bits per heavy atom. The Balaban J connectivity index is 1.71. The van der Waals surface area contributed by atoms with Crippen molar-refractivity contribution in [1.29, 1.82) is 0 Å². The van der Waals surface area contributed by atoms with Gasteiger partial charge in [-0.2, -0.15) is 13.2 Å². The first-order valence-corrected chi connectivity index (χ1v) is 8.30. The van der Waals surface area contributed by atoms with Crippen LogP contribution in [0.1, 0.15) is 19.3 Å². The highest BCUT2D eigenvalue weighted by Gasteiger charge is 2.34. The minimum atomic E-state index is -4.12. The minimum Gasteiger partial charge on any atom is -0.356 e. The molecule has 134 valence electrons. The van der Waals surface area contributed by atoms with Gasteiger partial charge in [0.2, 0.25) is 0 Å². The molecular weight excluding hydrogens is 307 g/mol.